The summed E-state index contributed by atoms with van der Waals surface area (Å²) in [6, 6.07) is 8.89. The number of hydrogen-bond acceptors (Lipinski definition) is 3. The minimum absolute atomic E-state index is 0.177. The molecule has 1 aromatic carbocycles. The van der Waals surface area contributed by atoms with Crippen molar-refractivity contribution in [1.29, 1.82) is 0 Å². The third kappa shape index (κ3) is 3.41. The molecule has 1 heterocycles. The third-order valence-corrected chi connectivity index (χ3v) is 2.90. The second-order valence-corrected chi connectivity index (χ2v) is 4.63. The monoisotopic (exact) mass is 323 g/mol. The highest BCUT2D eigenvalue weighted by molar-refractivity contribution is 9.10. The Labute approximate surface area is 116 Å². The van der Waals surface area contributed by atoms with Crippen LogP contribution >= 0.6 is 15.9 Å². The Morgan fingerprint density at radius 1 is 1.26 bits per heavy atom. The van der Waals surface area contributed by atoms with E-state index in [1.165, 1.54) is 6.20 Å². The molecule has 7 heteroatoms. The van der Waals surface area contributed by atoms with Crippen LogP contribution < -0.4 is 16.6 Å². The van der Waals surface area contributed by atoms with Crippen LogP contribution in [0.15, 0.2) is 50.6 Å². The Hall–Kier alpha value is -2.15. The summed E-state index contributed by atoms with van der Waals surface area (Å²) >= 11 is 3.00. The number of hydrogen-bond donors (Lipinski definition) is 2. The average molecular weight is 324 g/mol. The molecular weight excluding hydrogens is 314 g/mol. The Kier molecular flexibility index (Phi) is 3.96. The van der Waals surface area contributed by atoms with Gasteiger partial charge in [0.05, 0.1) is 4.47 Å². The molecule has 19 heavy (non-hydrogen) atoms. The molecule has 0 atom stereocenters. The zero-order valence-electron chi connectivity index (χ0n) is 9.72. The van der Waals surface area contributed by atoms with Crippen LogP contribution in [0, 0.1) is 0 Å². The Morgan fingerprint density at radius 2 is 1.95 bits per heavy atom. The predicted octanol–water partition coefficient (Wildman–Crippen LogP) is 0.938. The first-order chi connectivity index (χ1) is 9.06. The van der Waals surface area contributed by atoms with Crippen molar-refractivity contribution in [3.63, 3.8) is 0 Å². The number of carbonyl (C=O) groups is 1. The number of benzene rings is 1. The number of aromatic amines is 1. The summed E-state index contributed by atoms with van der Waals surface area (Å²) in [6.07, 6.45) is 1.28. The van der Waals surface area contributed by atoms with Gasteiger partial charge in [-0.1, -0.05) is 18.2 Å². The molecule has 0 saturated heterocycles. The van der Waals surface area contributed by atoms with E-state index in [0.717, 1.165) is 4.57 Å². The van der Waals surface area contributed by atoms with Crippen LogP contribution in [0.1, 0.15) is 0 Å². The molecule has 0 aliphatic heterocycles. The Balaban J connectivity index is 2.14. The number of H-pyrrole nitrogens is 1. The smallest absolute Gasteiger partial charge is 0.325 e. The summed E-state index contributed by atoms with van der Waals surface area (Å²) in [5.41, 5.74) is -0.509. The quantitative estimate of drug-likeness (QED) is 0.881. The molecule has 1 aromatic heterocycles. The lowest BCUT2D eigenvalue weighted by molar-refractivity contribution is -0.116. The summed E-state index contributed by atoms with van der Waals surface area (Å²) in [4.78, 5) is 36.5. The van der Waals surface area contributed by atoms with Gasteiger partial charge in [0.2, 0.25) is 5.91 Å². The molecule has 98 valence electrons. The first-order valence-electron chi connectivity index (χ1n) is 5.40. The third-order valence-electron chi connectivity index (χ3n) is 2.34. The van der Waals surface area contributed by atoms with Crippen LogP contribution in [-0.2, 0) is 11.3 Å². The van der Waals surface area contributed by atoms with Crippen molar-refractivity contribution in [2.75, 3.05) is 5.32 Å². The standard InChI is InChI=1S/C12H10BrN3O3/c13-9-6-16(12(19)15-11(9)18)7-10(17)14-8-4-2-1-3-5-8/h1-6H,7H2,(H,14,17)(H,15,18,19). The van der Waals surface area contributed by atoms with Gasteiger partial charge < -0.3 is 5.32 Å². The van der Waals surface area contributed by atoms with Crippen LogP contribution in [0.5, 0.6) is 0 Å². The number of nitrogens with zero attached hydrogens (tertiary/aromatic N) is 1. The number of anilines is 1. The number of amides is 1. The molecule has 2 N–H and O–H groups in total. The van der Waals surface area contributed by atoms with E-state index in [2.05, 4.69) is 26.2 Å². The van der Waals surface area contributed by atoms with E-state index < -0.39 is 11.2 Å². The molecule has 2 aromatic rings. The zero-order chi connectivity index (χ0) is 13.8. The highest BCUT2D eigenvalue weighted by Crippen LogP contribution is 2.05. The van der Waals surface area contributed by atoms with Crippen LogP contribution in [-0.4, -0.2) is 15.5 Å². The minimum atomic E-state index is -0.628. The topological polar surface area (TPSA) is 84.0 Å². The summed E-state index contributed by atoms with van der Waals surface area (Å²) in [6.45, 7) is -0.177. The number of para-hydroxylation sites is 1. The van der Waals surface area contributed by atoms with Gasteiger partial charge in [0.25, 0.3) is 5.56 Å². The van der Waals surface area contributed by atoms with Crippen LogP contribution in [0.25, 0.3) is 0 Å². The van der Waals surface area contributed by atoms with Crippen molar-refractivity contribution in [1.82, 2.24) is 9.55 Å². The molecular formula is C12H10BrN3O3. The molecule has 0 bridgehead atoms. The van der Waals surface area contributed by atoms with Crippen molar-refractivity contribution >= 4 is 27.5 Å². The van der Waals surface area contributed by atoms with Crippen LogP contribution in [0.4, 0.5) is 5.69 Å². The van der Waals surface area contributed by atoms with Gasteiger partial charge in [-0.15, -0.1) is 0 Å². The Bertz CT molecular complexity index is 706. The fraction of sp³-hybridized carbons (Fsp3) is 0.0833. The molecule has 0 aliphatic carbocycles. The first kappa shape index (κ1) is 13.3. The van der Waals surface area contributed by atoms with Crippen molar-refractivity contribution < 1.29 is 4.79 Å². The predicted molar refractivity (Wildman–Crippen MR) is 74.1 cm³/mol. The largest absolute Gasteiger partial charge is 0.328 e. The molecule has 0 unspecified atom stereocenters. The van der Waals surface area contributed by atoms with Crippen molar-refractivity contribution in [3.8, 4) is 0 Å². The normalized spacial score (nSPS) is 10.2. The summed E-state index contributed by atoms with van der Waals surface area (Å²) in [5.74, 6) is -0.354. The SMILES string of the molecule is O=C(Cn1cc(Br)c(=O)[nH]c1=O)Nc1ccccc1. The Morgan fingerprint density at radius 3 is 2.63 bits per heavy atom. The number of rotatable bonds is 3. The zero-order valence-corrected chi connectivity index (χ0v) is 11.3. The lowest BCUT2D eigenvalue weighted by atomic mass is 10.3. The number of carbonyl (C=O) groups excluding carboxylic acids is 1. The van der Waals surface area contributed by atoms with E-state index in [-0.39, 0.29) is 16.9 Å². The van der Waals surface area contributed by atoms with E-state index in [1.807, 2.05) is 6.07 Å². The second-order valence-electron chi connectivity index (χ2n) is 3.78. The minimum Gasteiger partial charge on any atom is -0.325 e. The molecule has 0 radical (unpaired) electrons. The second kappa shape index (κ2) is 5.66. The van der Waals surface area contributed by atoms with E-state index in [9.17, 15) is 14.4 Å². The molecule has 0 saturated carbocycles. The van der Waals surface area contributed by atoms with Gasteiger partial charge in [-0.2, -0.15) is 0 Å². The highest BCUT2D eigenvalue weighted by Gasteiger charge is 2.07. The molecule has 0 aliphatic rings. The van der Waals surface area contributed by atoms with Crippen LogP contribution in [0.3, 0.4) is 0 Å². The van der Waals surface area contributed by atoms with Crippen molar-refractivity contribution in [2.24, 2.45) is 0 Å². The number of nitrogens with one attached hydrogen (secondary N) is 2. The van der Waals surface area contributed by atoms with Gasteiger partial charge in [-0.25, -0.2) is 4.79 Å². The highest BCUT2D eigenvalue weighted by atomic mass is 79.9. The molecule has 6 nitrogen and oxygen atoms in total. The van der Waals surface area contributed by atoms with Crippen molar-refractivity contribution in [3.05, 3.63) is 61.8 Å². The van der Waals surface area contributed by atoms with Gasteiger partial charge >= 0.3 is 5.69 Å². The molecule has 1 amide bonds. The molecule has 0 fully saturated rings. The summed E-state index contributed by atoms with van der Waals surface area (Å²) in [5, 5.41) is 2.65. The lowest BCUT2D eigenvalue weighted by Gasteiger charge is -2.07. The maximum Gasteiger partial charge on any atom is 0.328 e. The summed E-state index contributed by atoms with van der Waals surface area (Å²) < 4.78 is 1.31. The van der Waals surface area contributed by atoms with E-state index >= 15 is 0 Å². The number of aromatic nitrogens is 2. The fourth-order valence-corrected chi connectivity index (χ4v) is 1.82. The maximum atomic E-state index is 11.8. The first-order valence-corrected chi connectivity index (χ1v) is 6.20. The molecule has 0 spiro atoms. The number of halogens is 1. The van der Waals surface area contributed by atoms with Gasteiger partial charge in [0.1, 0.15) is 6.54 Å². The maximum absolute atomic E-state index is 11.8. The van der Waals surface area contributed by atoms with Gasteiger partial charge in [-0.3, -0.25) is 19.1 Å². The lowest BCUT2D eigenvalue weighted by Crippen LogP contribution is -2.33. The summed E-state index contributed by atoms with van der Waals surface area (Å²) in [7, 11) is 0. The molecule has 2 rings (SSSR count). The van der Waals surface area contributed by atoms with Crippen LogP contribution in [0.2, 0.25) is 0 Å². The van der Waals surface area contributed by atoms with Gasteiger partial charge in [-0.05, 0) is 28.1 Å². The van der Waals surface area contributed by atoms with Gasteiger partial charge in [0.15, 0.2) is 0 Å². The van der Waals surface area contributed by atoms with Crippen molar-refractivity contribution in [2.45, 2.75) is 6.54 Å². The van der Waals surface area contributed by atoms with E-state index in [4.69, 9.17) is 0 Å². The van der Waals surface area contributed by atoms with E-state index in [1.54, 1.807) is 24.3 Å². The van der Waals surface area contributed by atoms with E-state index in [0.29, 0.717) is 5.69 Å². The average Bonchev–Trinajstić information content (AvgIpc) is 2.37. The fourth-order valence-electron chi connectivity index (χ4n) is 1.48. The van der Waals surface area contributed by atoms with Gasteiger partial charge in [0, 0.05) is 11.9 Å².